The molecule has 0 unspecified atom stereocenters. The Hall–Kier alpha value is 0.267. The second kappa shape index (κ2) is 28.4. The van der Waals surface area contributed by atoms with Crippen LogP contribution in [0.5, 0.6) is 0 Å². The van der Waals surface area contributed by atoms with E-state index in [2.05, 4.69) is 0 Å². The molecule has 0 bridgehead atoms. The van der Waals surface area contributed by atoms with Gasteiger partial charge in [-0.2, -0.15) is 0 Å². The van der Waals surface area contributed by atoms with E-state index in [1.165, 1.54) is 6.92 Å². The van der Waals surface area contributed by atoms with Gasteiger partial charge in [0.1, 0.15) is 6.29 Å². The van der Waals surface area contributed by atoms with Gasteiger partial charge in [-0.25, -0.2) is 0 Å². The van der Waals surface area contributed by atoms with Gasteiger partial charge in [-0.1, -0.05) is 0 Å². The molecule has 0 atom stereocenters. The van der Waals surface area contributed by atoms with Crippen LogP contribution in [0.4, 0.5) is 0 Å². The zero-order valence-corrected chi connectivity index (χ0v) is 3.99. The molecule has 0 heterocycles. The van der Waals surface area contributed by atoms with Gasteiger partial charge in [-0.05, 0) is 6.92 Å². The van der Waals surface area contributed by atoms with E-state index in [1.54, 1.807) is 0 Å². The molecular weight excluding hydrogens is 59.0 g/mol. The molecule has 0 aromatic carbocycles. The second-order valence-corrected chi connectivity index (χ2v) is 0.236. The molecule has 26 valence electrons. The van der Waals surface area contributed by atoms with Crippen molar-refractivity contribution in [1.29, 1.82) is 0 Å². The molecular formula is C3H7LiO. The molecule has 5 heavy (non-hydrogen) atoms. The average molecular weight is 66.0 g/mol. The minimum Gasteiger partial charge on any atom is -0.358 e. The van der Waals surface area contributed by atoms with Gasteiger partial charge in [-0.15, -0.1) is 0 Å². The molecule has 0 saturated carbocycles. The molecule has 0 aliphatic heterocycles. The Labute approximate surface area is 44.9 Å². The molecule has 0 saturated heterocycles. The Morgan fingerprint density at radius 1 is 1.60 bits per heavy atom. The van der Waals surface area contributed by atoms with Crippen molar-refractivity contribution >= 4 is 6.29 Å². The monoisotopic (exact) mass is 66.1 g/mol. The molecule has 0 spiro atoms. The third kappa shape index (κ3) is 307. The van der Waals surface area contributed by atoms with Crippen molar-refractivity contribution in [2.75, 3.05) is 0 Å². The number of rotatable bonds is 0. The van der Waals surface area contributed by atoms with Crippen molar-refractivity contribution < 1.29 is 23.7 Å². The Kier molecular flexibility index (Phi) is 106. The van der Waals surface area contributed by atoms with Gasteiger partial charge in [0, 0.05) is 0 Å². The van der Waals surface area contributed by atoms with Crippen LogP contribution in [0.2, 0.25) is 0 Å². The van der Waals surface area contributed by atoms with E-state index in [1.807, 2.05) is 0 Å². The van der Waals surface area contributed by atoms with Crippen LogP contribution >= 0.6 is 0 Å². The first-order chi connectivity index (χ1) is 1.41. The number of hydrogen-bond acceptors (Lipinski definition) is 1. The summed E-state index contributed by atoms with van der Waals surface area (Å²) in [4.78, 5) is 8.81. The molecule has 0 aliphatic carbocycles. The van der Waals surface area contributed by atoms with Gasteiger partial charge in [0.05, 0.1) is 0 Å². The van der Waals surface area contributed by atoms with E-state index in [0.717, 1.165) is 6.29 Å². The minimum absolute atomic E-state index is 0. The Morgan fingerprint density at radius 2 is 1.60 bits per heavy atom. The summed E-state index contributed by atoms with van der Waals surface area (Å²) >= 11 is 0. The summed E-state index contributed by atoms with van der Waals surface area (Å²) in [6.45, 7) is 1.44. The van der Waals surface area contributed by atoms with Gasteiger partial charge in [-0.3, -0.25) is 0 Å². The summed E-state index contributed by atoms with van der Waals surface area (Å²) in [5.74, 6) is 0. The number of aldehydes is 1. The van der Waals surface area contributed by atoms with E-state index < -0.39 is 0 Å². The molecule has 0 radical (unpaired) electrons. The topological polar surface area (TPSA) is 17.1 Å². The van der Waals surface area contributed by atoms with Crippen LogP contribution in [-0.4, -0.2) is 6.29 Å². The van der Waals surface area contributed by atoms with Crippen LogP contribution in [-0.2, 0) is 4.79 Å². The molecule has 1 nitrogen and oxygen atoms in total. The maximum Gasteiger partial charge on any atom is 1.00 e. The van der Waals surface area contributed by atoms with Crippen molar-refractivity contribution in [3.05, 3.63) is 7.43 Å². The Bertz CT molecular complexity index is 14.4. The van der Waals surface area contributed by atoms with E-state index >= 15 is 0 Å². The fraction of sp³-hybridized carbons (Fsp3) is 0.333. The molecule has 0 aliphatic rings. The van der Waals surface area contributed by atoms with Crippen molar-refractivity contribution in [1.82, 2.24) is 0 Å². The molecule has 0 rings (SSSR count). The fourth-order valence-electron chi connectivity index (χ4n) is 0. The summed E-state index contributed by atoms with van der Waals surface area (Å²) in [6, 6.07) is 0. The summed E-state index contributed by atoms with van der Waals surface area (Å²) in [5, 5.41) is 0. The number of carbonyl (C=O) groups excluding carboxylic acids is 1. The van der Waals surface area contributed by atoms with Crippen LogP contribution < -0.4 is 18.9 Å². The fourth-order valence-corrected chi connectivity index (χ4v) is 0. The van der Waals surface area contributed by atoms with E-state index in [0.29, 0.717) is 0 Å². The van der Waals surface area contributed by atoms with Crippen LogP contribution in [0.1, 0.15) is 6.92 Å². The van der Waals surface area contributed by atoms with Gasteiger partial charge in [0.2, 0.25) is 0 Å². The summed E-state index contributed by atoms with van der Waals surface area (Å²) in [5.41, 5.74) is 0. The summed E-state index contributed by atoms with van der Waals surface area (Å²) < 4.78 is 0. The van der Waals surface area contributed by atoms with E-state index in [4.69, 9.17) is 4.79 Å². The quantitative estimate of drug-likeness (QED) is 0.176. The minimum atomic E-state index is 0. The van der Waals surface area contributed by atoms with Gasteiger partial charge >= 0.3 is 18.9 Å². The van der Waals surface area contributed by atoms with E-state index in [-0.39, 0.29) is 26.3 Å². The SMILES string of the molecule is CC=O.[CH3-].[Li+]. The number of hydrogen-bond donors (Lipinski definition) is 0. The molecule has 0 amide bonds. The van der Waals surface area contributed by atoms with Gasteiger partial charge in [0.15, 0.2) is 0 Å². The first-order valence-corrected chi connectivity index (χ1v) is 0.813. The van der Waals surface area contributed by atoms with Gasteiger partial charge in [0.25, 0.3) is 0 Å². The average Bonchev–Trinajstić information content (AvgIpc) is 0.918. The van der Waals surface area contributed by atoms with Crippen molar-refractivity contribution in [3.8, 4) is 0 Å². The van der Waals surface area contributed by atoms with Crippen LogP contribution in [0.3, 0.4) is 0 Å². The maximum atomic E-state index is 8.81. The maximum absolute atomic E-state index is 8.81. The molecule has 0 aromatic heterocycles. The standard InChI is InChI=1S/C2H4O.CH3.Li/c1-2-3;;/h2H,1H3;1H3;/q;-1;+1. The first-order valence-electron chi connectivity index (χ1n) is 0.813. The predicted molar refractivity (Wildman–Crippen MR) is 18.2 cm³/mol. The summed E-state index contributed by atoms with van der Waals surface area (Å²) in [6.07, 6.45) is 0.750. The first kappa shape index (κ1) is 18.7. The molecule has 0 N–H and O–H groups in total. The van der Waals surface area contributed by atoms with Crippen molar-refractivity contribution in [3.63, 3.8) is 0 Å². The zero-order chi connectivity index (χ0) is 2.71. The summed E-state index contributed by atoms with van der Waals surface area (Å²) in [7, 11) is 0. The normalized spacial score (nSPS) is 2.60. The van der Waals surface area contributed by atoms with Crippen LogP contribution in [0.25, 0.3) is 0 Å². The number of carbonyl (C=O) groups is 1. The third-order valence-electron chi connectivity index (χ3n) is 0. The Morgan fingerprint density at radius 3 is 1.60 bits per heavy atom. The van der Waals surface area contributed by atoms with E-state index in [9.17, 15) is 0 Å². The largest absolute Gasteiger partial charge is 1.00 e. The van der Waals surface area contributed by atoms with Crippen LogP contribution in [0, 0.1) is 7.43 Å². The third-order valence-corrected chi connectivity index (χ3v) is 0. The molecule has 0 fully saturated rings. The zero-order valence-electron chi connectivity index (χ0n) is 3.99. The smallest absolute Gasteiger partial charge is 0.358 e. The van der Waals surface area contributed by atoms with Gasteiger partial charge < -0.3 is 12.2 Å². The van der Waals surface area contributed by atoms with Crippen molar-refractivity contribution in [2.24, 2.45) is 0 Å². The second-order valence-electron chi connectivity index (χ2n) is 0.236. The molecule has 2 heteroatoms. The predicted octanol–water partition coefficient (Wildman–Crippen LogP) is -2.34. The molecule has 0 aromatic rings. The van der Waals surface area contributed by atoms with Crippen LogP contribution in [0.15, 0.2) is 0 Å². The van der Waals surface area contributed by atoms with Crippen molar-refractivity contribution in [2.45, 2.75) is 6.92 Å². The Balaban J connectivity index is -0.0000000200.